The first-order valence-corrected chi connectivity index (χ1v) is 7.36. The third-order valence-electron chi connectivity index (χ3n) is 3.32. The summed E-state index contributed by atoms with van der Waals surface area (Å²) in [6.07, 6.45) is 1.68. The van der Waals surface area contributed by atoms with E-state index in [4.69, 9.17) is 14.6 Å². The van der Waals surface area contributed by atoms with Crippen molar-refractivity contribution in [3.05, 3.63) is 35.7 Å². The van der Waals surface area contributed by atoms with E-state index in [-0.39, 0.29) is 25.4 Å². The van der Waals surface area contributed by atoms with Gasteiger partial charge in [-0.1, -0.05) is 11.3 Å². The number of aliphatic carboxylic acids is 1. The van der Waals surface area contributed by atoms with Crippen molar-refractivity contribution in [3.8, 4) is 11.5 Å². The van der Waals surface area contributed by atoms with Crippen LogP contribution in [0.15, 0.2) is 24.4 Å². The molecule has 0 fully saturated rings. The molecule has 0 spiro atoms. The number of hydrogen-bond donors (Lipinski definition) is 2. The first kappa shape index (κ1) is 15.8. The largest absolute Gasteiger partial charge is 0.486 e. The van der Waals surface area contributed by atoms with E-state index in [9.17, 15) is 9.59 Å². The van der Waals surface area contributed by atoms with Gasteiger partial charge in [0.2, 0.25) is 5.91 Å². The van der Waals surface area contributed by atoms with Crippen LogP contribution in [0.2, 0.25) is 0 Å². The Morgan fingerprint density at radius 2 is 2.04 bits per heavy atom. The van der Waals surface area contributed by atoms with Crippen LogP contribution >= 0.6 is 0 Å². The Balaban J connectivity index is 1.52. The molecule has 2 N–H and O–H groups in total. The zero-order chi connectivity index (χ0) is 16.9. The Morgan fingerprint density at radius 1 is 1.25 bits per heavy atom. The summed E-state index contributed by atoms with van der Waals surface area (Å²) in [5.41, 5.74) is 1.30. The lowest BCUT2D eigenvalue weighted by Crippen LogP contribution is -2.25. The van der Waals surface area contributed by atoms with Gasteiger partial charge in [-0.25, -0.2) is 4.68 Å². The Hall–Kier alpha value is -3.10. The Morgan fingerprint density at radius 3 is 2.83 bits per heavy atom. The van der Waals surface area contributed by atoms with Crippen LogP contribution in [-0.2, 0) is 29.1 Å². The average Bonchev–Trinajstić information content (AvgIpc) is 2.99. The summed E-state index contributed by atoms with van der Waals surface area (Å²) in [6.45, 7) is 0.936. The molecule has 2 heterocycles. The fraction of sp³-hybridized carbons (Fsp3) is 0.333. The summed E-state index contributed by atoms with van der Waals surface area (Å²) in [7, 11) is 0. The molecule has 0 aliphatic carbocycles. The van der Waals surface area contributed by atoms with E-state index in [2.05, 4.69) is 15.6 Å². The summed E-state index contributed by atoms with van der Waals surface area (Å²) >= 11 is 0. The van der Waals surface area contributed by atoms with E-state index in [1.807, 2.05) is 6.07 Å². The van der Waals surface area contributed by atoms with Gasteiger partial charge < -0.3 is 19.9 Å². The molecule has 9 nitrogen and oxygen atoms in total. The van der Waals surface area contributed by atoms with Gasteiger partial charge in [-0.15, -0.1) is 5.10 Å². The zero-order valence-corrected chi connectivity index (χ0v) is 12.8. The van der Waals surface area contributed by atoms with Gasteiger partial charge in [-0.3, -0.25) is 9.59 Å². The number of nitrogens with one attached hydrogen (secondary N) is 1. The van der Waals surface area contributed by atoms with E-state index < -0.39 is 5.97 Å². The van der Waals surface area contributed by atoms with Crippen molar-refractivity contribution in [1.82, 2.24) is 20.3 Å². The molecule has 2 aromatic rings. The van der Waals surface area contributed by atoms with E-state index >= 15 is 0 Å². The maximum Gasteiger partial charge on any atom is 0.325 e. The third kappa shape index (κ3) is 4.00. The predicted molar refractivity (Wildman–Crippen MR) is 80.6 cm³/mol. The van der Waals surface area contributed by atoms with Crippen molar-refractivity contribution in [2.24, 2.45) is 0 Å². The molecule has 0 bridgehead atoms. The molecule has 24 heavy (non-hydrogen) atoms. The zero-order valence-electron chi connectivity index (χ0n) is 12.8. The number of hydrogen-bond acceptors (Lipinski definition) is 6. The van der Waals surface area contributed by atoms with Gasteiger partial charge in [-0.2, -0.15) is 0 Å². The highest BCUT2D eigenvalue weighted by Gasteiger charge is 2.13. The second-order valence-corrected chi connectivity index (χ2v) is 5.23. The minimum Gasteiger partial charge on any atom is -0.486 e. The van der Waals surface area contributed by atoms with Crippen LogP contribution in [0.5, 0.6) is 11.5 Å². The van der Waals surface area contributed by atoms with E-state index in [1.54, 1.807) is 12.1 Å². The molecule has 126 valence electrons. The molecule has 1 amide bonds. The van der Waals surface area contributed by atoms with Gasteiger partial charge in [0.15, 0.2) is 11.5 Å². The van der Waals surface area contributed by atoms with Crippen molar-refractivity contribution < 1.29 is 24.2 Å². The summed E-state index contributed by atoms with van der Waals surface area (Å²) in [5, 5.41) is 18.9. The van der Waals surface area contributed by atoms with Crippen molar-refractivity contribution in [2.75, 3.05) is 13.2 Å². The Labute approximate surface area is 137 Å². The summed E-state index contributed by atoms with van der Waals surface area (Å²) in [4.78, 5) is 22.6. The molecule has 0 saturated carbocycles. The van der Waals surface area contributed by atoms with Crippen LogP contribution in [0.3, 0.4) is 0 Å². The number of ether oxygens (including phenoxy) is 2. The fourth-order valence-electron chi connectivity index (χ4n) is 2.27. The average molecular weight is 332 g/mol. The highest BCUT2D eigenvalue weighted by atomic mass is 16.6. The SMILES string of the molecule is O=C(O)Cn1cc(CNC(=O)Cc2ccc3c(c2)OCCO3)nn1. The van der Waals surface area contributed by atoms with Gasteiger partial charge in [0, 0.05) is 0 Å². The summed E-state index contributed by atoms with van der Waals surface area (Å²) < 4.78 is 12.1. The number of carboxylic acid groups (broad SMARTS) is 1. The molecule has 1 aliphatic heterocycles. The van der Waals surface area contributed by atoms with Crippen LogP contribution < -0.4 is 14.8 Å². The highest BCUT2D eigenvalue weighted by Crippen LogP contribution is 2.30. The highest BCUT2D eigenvalue weighted by molar-refractivity contribution is 5.78. The molecule has 1 aromatic carbocycles. The number of carbonyl (C=O) groups is 2. The maximum atomic E-state index is 12.0. The van der Waals surface area contributed by atoms with Crippen molar-refractivity contribution in [2.45, 2.75) is 19.5 Å². The molecule has 0 atom stereocenters. The van der Waals surface area contributed by atoms with Gasteiger partial charge in [0.1, 0.15) is 25.5 Å². The third-order valence-corrected chi connectivity index (χ3v) is 3.32. The van der Waals surface area contributed by atoms with Crippen LogP contribution in [-0.4, -0.2) is 45.2 Å². The molecule has 0 radical (unpaired) electrons. The van der Waals surface area contributed by atoms with Gasteiger partial charge in [0.25, 0.3) is 0 Å². The van der Waals surface area contributed by atoms with Crippen LogP contribution in [0.1, 0.15) is 11.3 Å². The molecular formula is C15H16N4O5. The number of carbonyl (C=O) groups excluding carboxylic acids is 1. The molecule has 9 heteroatoms. The smallest absolute Gasteiger partial charge is 0.325 e. The minimum atomic E-state index is -1.01. The van der Waals surface area contributed by atoms with Gasteiger partial charge >= 0.3 is 5.97 Å². The summed E-state index contributed by atoms with van der Waals surface area (Å²) in [6, 6.07) is 5.39. The van der Waals surface area contributed by atoms with Crippen LogP contribution in [0.4, 0.5) is 0 Å². The molecule has 0 saturated heterocycles. The Kier molecular flexibility index (Phi) is 4.59. The normalized spacial score (nSPS) is 12.7. The number of carboxylic acids is 1. The first-order chi connectivity index (χ1) is 11.6. The number of benzene rings is 1. The number of rotatable bonds is 6. The lowest BCUT2D eigenvalue weighted by atomic mass is 10.1. The number of nitrogens with zero attached hydrogens (tertiary/aromatic N) is 3. The number of aromatic nitrogens is 3. The van der Waals surface area contributed by atoms with E-state index in [0.717, 1.165) is 5.56 Å². The lowest BCUT2D eigenvalue weighted by Gasteiger charge is -2.18. The fourth-order valence-corrected chi connectivity index (χ4v) is 2.27. The van der Waals surface area contributed by atoms with Crippen molar-refractivity contribution >= 4 is 11.9 Å². The second-order valence-electron chi connectivity index (χ2n) is 5.23. The van der Waals surface area contributed by atoms with Crippen LogP contribution in [0.25, 0.3) is 0 Å². The molecule has 3 rings (SSSR count). The topological polar surface area (TPSA) is 116 Å². The monoisotopic (exact) mass is 332 g/mol. The molecular weight excluding hydrogens is 316 g/mol. The van der Waals surface area contributed by atoms with Crippen molar-refractivity contribution in [1.29, 1.82) is 0 Å². The van der Waals surface area contributed by atoms with Gasteiger partial charge in [0.05, 0.1) is 19.2 Å². The van der Waals surface area contributed by atoms with Crippen LogP contribution in [0, 0.1) is 0 Å². The molecule has 0 unspecified atom stereocenters. The molecule has 1 aromatic heterocycles. The summed E-state index contributed by atoms with van der Waals surface area (Å²) in [5.74, 6) is 0.136. The maximum absolute atomic E-state index is 12.0. The standard InChI is InChI=1S/C15H16N4O5/c20-14(16-7-11-8-19(18-17-11)9-15(21)22)6-10-1-2-12-13(5-10)24-4-3-23-12/h1-2,5,8H,3-4,6-7,9H2,(H,16,20)(H,21,22). The number of fused-ring (bicyclic) bond motifs is 1. The quantitative estimate of drug-likeness (QED) is 0.764. The lowest BCUT2D eigenvalue weighted by molar-refractivity contribution is -0.138. The second kappa shape index (κ2) is 6.99. The Bertz CT molecular complexity index is 758. The predicted octanol–water partition coefficient (Wildman–Crippen LogP) is -0.00720. The molecule has 1 aliphatic rings. The van der Waals surface area contributed by atoms with E-state index in [0.29, 0.717) is 30.4 Å². The van der Waals surface area contributed by atoms with Gasteiger partial charge in [-0.05, 0) is 17.7 Å². The number of amides is 1. The first-order valence-electron chi connectivity index (χ1n) is 7.36. The minimum absolute atomic E-state index is 0.181. The van der Waals surface area contributed by atoms with E-state index in [1.165, 1.54) is 10.9 Å². The van der Waals surface area contributed by atoms with Crippen molar-refractivity contribution in [3.63, 3.8) is 0 Å².